The van der Waals surface area contributed by atoms with Crippen LogP contribution in [0.2, 0.25) is 0 Å². The molecule has 0 radical (unpaired) electrons. The lowest BCUT2D eigenvalue weighted by Gasteiger charge is -2.01. The van der Waals surface area contributed by atoms with Crippen molar-refractivity contribution in [3.8, 4) is 12.3 Å². The summed E-state index contributed by atoms with van der Waals surface area (Å²) in [6.07, 6.45) is 15.2. The van der Waals surface area contributed by atoms with Gasteiger partial charge in [-0.05, 0) is 38.5 Å². The maximum atomic E-state index is 5.81. The van der Waals surface area contributed by atoms with Crippen molar-refractivity contribution < 1.29 is 0 Å². The largest absolute Gasteiger partial charge is 0.246 e. The SMILES string of the molecule is C#CCCCCCc1nc(CC/C(=C\Cl)C/C=C/Cl)cs1. The fraction of sp³-hybridized carbons (Fsp3) is 0.471. The molecule has 0 bridgehead atoms. The predicted molar refractivity (Wildman–Crippen MR) is 95.0 cm³/mol. The Balaban J connectivity index is 2.29. The van der Waals surface area contributed by atoms with Gasteiger partial charge in [0.15, 0.2) is 0 Å². The van der Waals surface area contributed by atoms with E-state index < -0.39 is 0 Å². The van der Waals surface area contributed by atoms with Crippen LogP contribution < -0.4 is 0 Å². The van der Waals surface area contributed by atoms with Gasteiger partial charge in [0.2, 0.25) is 0 Å². The predicted octanol–water partition coefficient (Wildman–Crippen LogP) is 6.08. The summed E-state index contributed by atoms with van der Waals surface area (Å²) in [6, 6.07) is 0. The van der Waals surface area contributed by atoms with Crippen LogP contribution in [0.25, 0.3) is 0 Å². The van der Waals surface area contributed by atoms with Crippen LogP contribution in [0.4, 0.5) is 0 Å². The lowest BCUT2D eigenvalue weighted by atomic mass is 10.1. The number of rotatable bonds is 10. The Hall–Kier alpha value is -0.750. The first-order chi connectivity index (χ1) is 10.3. The standard InChI is InChI=1S/C17H21Cl2NS/c1-2-3-4-5-6-9-17-20-16(14-21-17)11-10-15(13-19)8-7-12-18/h1,7,12-14H,3-6,8-11H2/b12-7+,15-13-. The van der Waals surface area contributed by atoms with Crippen molar-refractivity contribution in [2.45, 2.75) is 51.4 Å². The van der Waals surface area contributed by atoms with E-state index in [9.17, 15) is 0 Å². The maximum Gasteiger partial charge on any atom is 0.0928 e. The molecule has 0 atom stereocenters. The lowest BCUT2D eigenvalue weighted by molar-refractivity contribution is 0.689. The first kappa shape index (κ1) is 18.3. The minimum Gasteiger partial charge on any atom is -0.246 e. The van der Waals surface area contributed by atoms with Gasteiger partial charge >= 0.3 is 0 Å². The minimum absolute atomic E-state index is 0.805. The monoisotopic (exact) mass is 341 g/mol. The van der Waals surface area contributed by atoms with Crippen molar-refractivity contribution in [1.82, 2.24) is 4.98 Å². The molecule has 114 valence electrons. The molecule has 1 rings (SSSR count). The Morgan fingerprint density at radius 2 is 2.14 bits per heavy atom. The maximum absolute atomic E-state index is 5.81. The van der Waals surface area contributed by atoms with Gasteiger partial charge in [-0.3, -0.25) is 0 Å². The van der Waals surface area contributed by atoms with E-state index in [1.165, 1.54) is 29.0 Å². The number of nitrogens with zero attached hydrogens (tertiary/aromatic N) is 1. The van der Waals surface area contributed by atoms with Gasteiger partial charge in [-0.25, -0.2) is 4.98 Å². The Bertz CT molecular complexity index is 497. The summed E-state index contributed by atoms with van der Waals surface area (Å²) in [5.41, 5.74) is 5.51. The summed E-state index contributed by atoms with van der Waals surface area (Å²) in [4.78, 5) is 4.68. The minimum atomic E-state index is 0.805. The fourth-order valence-electron chi connectivity index (χ4n) is 1.94. The molecule has 1 aromatic heterocycles. The molecule has 0 unspecified atom stereocenters. The number of halogens is 2. The van der Waals surface area contributed by atoms with Crippen molar-refractivity contribution in [3.63, 3.8) is 0 Å². The van der Waals surface area contributed by atoms with E-state index in [-0.39, 0.29) is 0 Å². The molecule has 0 aliphatic rings. The normalized spacial score (nSPS) is 12.0. The van der Waals surface area contributed by atoms with Gasteiger partial charge in [0.05, 0.1) is 10.7 Å². The number of unbranched alkanes of at least 4 members (excludes halogenated alkanes) is 3. The zero-order valence-electron chi connectivity index (χ0n) is 12.2. The van der Waals surface area contributed by atoms with Crippen LogP contribution in [0.5, 0.6) is 0 Å². The molecular formula is C17H21Cl2NS. The van der Waals surface area contributed by atoms with Crippen molar-refractivity contribution in [3.05, 3.63) is 38.8 Å². The van der Waals surface area contributed by atoms with Crippen molar-refractivity contribution in [2.75, 3.05) is 0 Å². The molecular weight excluding hydrogens is 321 g/mol. The van der Waals surface area contributed by atoms with E-state index in [4.69, 9.17) is 29.6 Å². The second kappa shape index (κ2) is 11.9. The van der Waals surface area contributed by atoms with E-state index in [0.717, 1.165) is 44.2 Å². The molecule has 1 aromatic rings. The van der Waals surface area contributed by atoms with Gasteiger partial charge in [-0.1, -0.05) is 41.3 Å². The van der Waals surface area contributed by atoms with Gasteiger partial charge in [-0.2, -0.15) is 0 Å². The van der Waals surface area contributed by atoms with Crippen LogP contribution in [-0.4, -0.2) is 4.98 Å². The molecule has 0 saturated heterocycles. The highest BCUT2D eigenvalue weighted by Gasteiger charge is 2.04. The van der Waals surface area contributed by atoms with Crippen LogP contribution in [-0.2, 0) is 12.8 Å². The zero-order chi connectivity index (χ0) is 15.3. The molecule has 0 N–H and O–H groups in total. The van der Waals surface area contributed by atoms with Gasteiger partial charge in [0, 0.05) is 22.9 Å². The Morgan fingerprint density at radius 3 is 2.86 bits per heavy atom. The number of aromatic nitrogens is 1. The zero-order valence-corrected chi connectivity index (χ0v) is 14.5. The van der Waals surface area contributed by atoms with E-state index in [1.807, 2.05) is 6.08 Å². The lowest BCUT2D eigenvalue weighted by Crippen LogP contribution is -1.91. The van der Waals surface area contributed by atoms with E-state index in [1.54, 1.807) is 16.9 Å². The first-order valence-electron chi connectivity index (χ1n) is 7.20. The summed E-state index contributed by atoms with van der Waals surface area (Å²) < 4.78 is 0. The Kier molecular flexibility index (Phi) is 10.3. The molecule has 21 heavy (non-hydrogen) atoms. The van der Waals surface area contributed by atoms with E-state index >= 15 is 0 Å². The number of hydrogen-bond acceptors (Lipinski definition) is 2. The summed E-state index contributed by atoms with van der Waals surface area (Å²) in [5.74, 6) is 2.68. The van der Waals surface area contributed by atoms with Gasteiger partial charge in [-0.15, -0.1) is 23.7 Å². The van der Waals surface area contributed by atoms with Crippen LogP contribution in [0, 0.1) is 12.3 Å². The topological polar surface area (TPSA) is 12.9 Å². The highest BCUT2D eigenvalue weighted by atomic mass is 35.5. The molecule has 4 heteroatoms. The summed E-state index contributed by atoms with van der Waals surface area (Å²) in [7, 11) is 0. The van der Waals surface area contributed by atoms with E-state index in [0.29, 0.717) is 0 Å². The highest BCUT2D eigenvalue weighted by molar-refractivity contribution is 7.09. The second-order valence-corrected chi connectivity index (χ2v) is 6.24. The highest BCUT2D eigenvalue weighted by Crippen LogP contribution is 2.18. The van der Waals surface area contributed by atoms with Gasteiger partial charge < -0.3 is 0 Å². The summed E-state index contributed by atoms with van der Waals surface area (Å²) in [6.45, 7) is 0. The molecule has 0 aliphatic heterocycles. The molecule has 0 spiro atoms. The Morgan fingerprint density at radius 1 is 1.29 bits per heavy atom. The van der Waals surface area contributed by atoms with Crippen molar-refractivity contribution in [2.24, 2.45) is 0 Å². The molecule has 0 amide bonds. The van der Waals surface area contributed by atoms with E-state index in [2.05, 4.69) is 16.3 Å². The number of hydrogen-bond donors (Lipinski definition) is 0. The fourth-order valence-corrected chi connectivity index (χ4v) is 3.11. The number of aryl methyl sites for hydroxylation is 2. The molecule has 1 nitrogen and oxygen atoms in total. The first-order valence-corrected chi connectivity index (χ1v) is 8.95. The molecule has 0 aliphatic carbocycles. The molecule has 0 aromatic carbocycles. The molecule has 0 saturated carbocycles. The van der Waals surface area contributed by atoms with Gasteiger partial charge in [0.1, 0.15) is 0 Å². The van der Waals surface area contributed by atoms with Crippen LogP contribution >= 0.6 is 34.5 Å². The third-order valence-corrected chi connectivity index (χ3v) is 4.58. The smallest absolute Gasteiger partial charge is 0.0928 e. The molecule has 1 heterocycles. The third kappa shape index (κ3) is 8.31. The Labute approximate surface area is 142 Å². The average molecular weight is 342 g/mol. The molecule has 0 fully saturated rings. The van der Waals surface area contributed by atoms with Gasteiger partial charge in [0.25, 0.3) is 0 Å². The van der Waals surface area contributed by atoms with Crippen molar-refractivity contribution in [1.29, 1.82) is 0 Å². The van der Waals surface area contributed by atoms with Crippen molar-refractivity contribution >= 4 is 34.5 Å². The quantitative estimate of drug-likeness (QED) is 0.371. The number of terminal acetylenes is 1. The van der Waals surface area contributed by atoms with Crippen LogP contribution in [0.3, 0.4) is 0 Å². The summed E-state index contributed by atoms with van der Waals surface area (Å²) >= 11 is 13.1. The third-order valence-electron chi connectivity index (χ3n) is 3.14. The summed E-state index contributed by atoms with van der Waals surface area (Å²) in [5, 5.41) is 3.38. The van der Waals surface area contributed by atoms with Crippen LogP contribution in [0.1, 0.15) is 49.2 Å². The number of thiazole rings is 1. The number of allylic oxidation sites excluding steroid dienone is 2. The average Bonchev–Trinajstić information content (AvgIpc) is 2.95. The second-order valence-electron chi connectivity index (χ2n) is 4.83. The van der Waals surface area contributed by atoms with Crippen LogP contribution in [0.15, 0.2) is 28.1 Å².